The maximum Gasteiger partial charge on any atom is 0.411 e. The second-order valence-electron chi connectivity index (χ2n) is 6.82. The number of cyclic esters (lactones) is 1. The van der Waals surface area contributed by atoms with Crippen LogP contribution in [0.2, 0.25) is 0 Å². The van der Waals surface area contributed by atoms with Gasteiger partial charge in [0.25, 0.3) is 0 Å². The molecule has 7 heteroatoms. The van der Waals surface area contributed by atoms with Crippen LogP contribution in [0, 0.1) is 0 Å². The second kappa shape index (κ2) is 5.95. The lowest BCUT2D eigenvalue weighted by atomic mass is 9.83. The molecular weight excluding hydrogens is 338 g/mol. The number of fused-ring (bicyclic) bond motifs is 2. The lowest BCUT2D eigenvalue weighted by Crippen LogP contribution is -2.61. The van der Waals surface area contributed by atoms with Crippen molar-refractivity contribution in [1.29, 1.82) is 0 Å². The summed E-state index contributed by atoms with van der Waals surface area (Å²) in [4.78, 5) is 39.1. The molecule has 0 saturated carbocycles. The minimum absolute atomic E-state index is 0.103. The van der Waals surface area contributed by atoms with Gasteiger partial charge in [-0.05, 0) is 18.6 Å². The zero-order chi connectivity index (χ0) is 18.5. The second-order valence-corrected chi connectivity index (χ2v) is 6.82. The molecule has 3 heterocycles. The largest absolute Gasteiger partial charge is 0.466 e. The van der Waals surface area contributed by atoms with Gasteiger partial charge < -0.3 is 14.2 Å². The van der Waals surface area contributed by atoms with Gasteiger partial charge in [-0.25, -0.2) is 9.59 Å². The number of ether oxygens (including phenoxy) is 3. The fraction of sp³-hybridized carbons (Fsp3) is 0.421. The number of Topliss-reactive ketones (excluding diaryl/α,β-unsaturated/α-hetero) is 1. The quantitative estimate of drug-likeness (QED) is 0.767. The van der Waals surface area contributed by atoms with Gasteiger partial charge in [0.15, 0.2) is 5.78 Å². The first-order chi connectivity index (χ1) is 12.5. The van der Waals surface area contributed by atoms with Crippen LogP contribution in [0.5, 0.6) is 0 Å². The zero-order valence-corrected chi connectivity index (χ0v) is 14.5. The average Bonchev–Trinajstić information content (AvgIpc) is 3.13. The predicted octanol–water partition coefficient (Wildman–Crippen LogP) is 1.78. The standard InChI is InChI=1S/C19H19NO6/c1-19-13(17(22)24-2)8-12(26-19)9-15(21)16(19)20-14(10-25-18(20)23)11-6-4-3-5-7-11/h3-8,12,14,16H,9-10H2,1-2H3/t12-,14-,16?,19+/m0/s1. The van der Waals surface area contributed by atoms with Crippen molar-refractivity contribution in [3.8, 4) is 0 Å². The lowest BCUT2D eigenvalue weighted by Gasteiger charge is -2.43. The summed E-state index contributed by atoms with van der Waals surface area (Å²) in [6.45, 7) is 1.80. The van der Waals surface area contributed by atoms with Crippen molar-refractivity contribution in [2.45, 2.75) is 37.1 Å². The Balaban J connectivity index is 1.77. The predicted molar refractivity (Wildman–Crippen MR) is 89.2 cm³/mol. The zero-order valence-electron chi connectivity index (χ0n) is 14.5. The van der Waals surface area contributed by atoms with Crippen LogP contribution in [-0.2, 0) is 23.8 Å². The minimum atomic E-state index is -1.26. The monoisotopic (exact) mass is 357 g/mol. The van der Waals surface area contributed by atoms with E-state index in [0.717, 1.165) is 5.56 Å². The third-order valence-electron chi connectivity index (χ3n) is 5.29. The molecule has 3 aliphatic rings. The highest BCUT2D eigenvalue weighted by molar-refractivity contribution is 5.99. The minimum Gasteiger partial charge on any atom is -0.466 e. The van der Waals surface area contributed by atoms with E-state index >= 15 is 0 Å². The number of nitrogens with zero attached hydrogens (tertiary/aromatic N) is 1. The third kappa shape index (κ3) is 2.34. The van der Waals surface area contributed by atoms with Gasteiger partial charge in [0.2, 0.25) is 0 Å². The average molecular weight is 357 g/mol. The number of carbonyl (C=O) groups excluding carboxylic acids is 3. The Morgan fingerprint density at radius 3 is 2.69 bits per heavy atom. The van der Waals surface area contributed by atoms with Crippen molar-refractivity contribution in [3.05, 3.63) is 47.5 Å². The highest BCUT2D eigenvalue weighted by Gasteiger charge is 2.60. The number of hydrogen-bond acceptors (Lipinski definition) is 6. The number of hydrogen-bond donors (Lipinski definition) is 0. The Morgan fingerprint density at radius 1 is 1.27 bits per heavy atom. The van der Waals surface area contributed by atoms with E-state index < -0.39 is 35.9 Å². The van der Waals surface area contributed by atoms with E-state index in [1.54, 1.807) is 13.0 Å². The number of esters is 1. The summed E-state index contributed by atoms with van der Waals surface area (Å²) < 4.78 is 16.1. The molecule has 0 N–H and O–H groups in total. The molecule has 7 nitrogen and oxygen atoms in total. The number of benzene rings is 1. The van der Waals surface area contributed by atoms with Gasteiger partial charge in [0.1, 0.15) is 18.2 Å². The van der Waals surface area contributed by atoms with E-state index in [4.69, 9.17) is 14.2 Å². The molecule has 26 heavy (non-hydrogen) atoms. The van der Waals surface area contributed by atoms with Crippen LogP contribution in [0.1, 0.15) is 24.9 Å². The fourth-order valence-corrected chi connectivity index (χ4v) is 4.14. The van der Waals surface area contributed by atoms with Crippen LogP contribution in [0.4, 0.5) is 4.79 Å². The highest BCUT2D eigenvalue weighted by Crippen LogP contribution is 2.45. The molecule has 3 aliphatic heterocycles. The molecule has 1 aromatic rings. The van der Waals surface area contributed by atoms with Gasteiger partial charge >= 0.3 is 12.1 Å². The first-order valence-corrected chi connectivity index (χ1v) is 8.47. The SMILES string of the molecule is COC(=O)C1=C[C@H]2CC(=O)C(N3C(=O)OC[C@H]3c3ccccc3)[C@]1(C)O2. The van der Waals surface area contributed by atoms with Crippen LogP contribution in [-0.4, -0.2) is 54.2 Å². The van der Waals surface area contributed by atoms with Crippen LogP contribution >= 0.6 is 0 Å². The van der Waals surface area contributed by atoms with Gasteiger partial charge in [0, 0.05) is 6.42 Å². The van der Waals surface area contributed by atoms with Gasteiger partial charge in [-0.15, -0.1) is 0 Å². The number of rotatable bonds is 3. The van der Waals surface area contributed by atoms with Gasteiger partial charge in [-0.3, -0.25) is 9.69 Å². The summed E-state index contributed by atoms with van der Waals surface area (Å²) in [7, 11) is 1.28. The number of carbonyl (C=O) groups is 3. The summed E-state index contributed by atoms with van der Waals surface area (Å²) >= 11 is 0. The van der Waals surface area contributed by atoms with Crippen molar-refractivity contribution in [2.24, 2.45) is 0 Å². The third-order valence-corrected chi connectivity index (χ3v) is 5.29. The first kappa shape index (κ1) is 16.8. The van der Waals surface area contributed by atoms with E-state index in [1.165, 1.54) is 12.0 Å². The first-order valence-electron chi connectivity index (χ1n) is 8.47. The van der Waals surface area contributed by atoms with Crippen molar-refractivity contribution in [1.82, 2.24) is 4.90 Å². The molecular formula is C19H19NO6. The molecule has 2 fully saturated rings. The summed E-state index contributed by atoms with van der Waals surface area (Å²) in [6, 6.07) is 7.99. The molecule has 1 unspecified atom stereocenters. The van der Waals surface area contributed by atoms with E-state index in [1.807, 2.05) is 30.3 Å². The van der Waals surface area contributed by atoms with Crippen molar-refractivity contribution in [3.63, 3.8) is 0 Å². The van der Waals surface area contributed by atoms with Crippen LogP contribution in [0.15, 0.2) is 42.0 Å². The van der Waals surface area contributed by atoms with Crippen molar-refractivity contribution < 1.29 is 28.6 Å². The molecule has 0 radical (unpaired) electrons. The normalized spacial score (nSPS) is 33.1. The number of amides is 1. The highest BCUT2D eigenvalue weighted by atomic mass is 16.6. The summed E-state index contributed by atoms with van der Waals surface area (Å²) in [5.41, 5.74) is -0.130. The molecule has 0 spiro atoms. The Labute approximate surface area is 150 Å². The van der Waals surface area contributed by atoms with Crippen molar-refractivity contribution >= 4 is 17.8 Å². The summed E-state index contributed by atoms with van der Waals surface area (Å²) in [5.74, 6) is -0.711. The topological polar surface area (TPSA) is 82.1 Å². The molecule has 0 aromatic heterocycles. The molecule has 136 valence electrons. The van der Waals surface area contributed by atoms with Crippen LogP contribution < -0.4 is 0 Å². The molecule has 1 amide bonds. The molecule has 4 rings (SSSR count). The van der Waals surface area contributed by atoms with E-state index in [9.17, 15) is 14.4 Å². The molecule has 4 atom stereocenters. The van der Waals surface area contributed by atoms with Gasteiger partial charge in [-0.2, -0.15) is 0 Å². The van der Waals surface area contributed by atoms with Crippen molar-refractivity contribution in [2.75, 3.05) is 13.7 Å². The summed E-state index contributed by atoms with van der Waals surface area (Å²) in [5, 5.41) is 0. The maximum absolute atomic E-state index is 12.9. The molecule has 0 aliphatic carbocycles. The maximum atomic E-state index is 12.9. The van der Waals surface area contributed by atoms with E-state index in [-0.39, 0.29) is 24.4 Å². The molecule has 1 aromatic carbocycles. The van der Waals surface area contributed by atoms with E-state index in [2.05, 4.69) is 0 Å². The smallest absolute Gasteiger partial charge is 0.411 e. The molecule has 2 bridgehead atoms. The Bertz CT molecular complexity index is 804. The number of ketones is 1. The Morgan fingerprint density at radius 2 is 2.00 bits per heavy atom. The van der Waals surface area contributed by atoms with Gasteiger partial charge in [0.05, 0.1) is 24.8 Å². The number of methoxy groups -OCH3 is 1. The Kier molecular flexibility index (Phi) is 3.84. The Hall–Kier alpha value is -2.67. The van der Waals surface area contributed by atoms with E-state index in [0.29, 0.717) is 0 Å². The lowest BCUT2D eigenvalue weighted by molar-refractivity contribution is -0.155. The summed E-state index contributed by atoms with van der Waals surface area (Å²) in [6.07, 6.45) is 0.664. The van der Waals surface area contributed by atoms with Crippen LogP contribution in [0.3, 0.4) is 0 Å². The molecule has 2 saturated heterocycles. The fourth-order valence-electron chi connectivity index (χ4n) is 4.14. The van der Waals surface area contributed by atoms with Crippen LogP contribution in [0.25, 0.3) is 0 Å². The van der Waals surface area contributed by atoms with Gasteiger partial charge in [-0.1, -0.05) is 30.3 Å².